The van der Waals surface area contributed by atoms with Crippen molar-refractivity contribution in [3.63, 3.8) is 0 Å². The first kappa shape index (κ1) is 27.6. The van der Waals surface area contributed by atoms with Gasteiger partial charge in [-0.25, -0.2) is 0 Å². The maximum atomic E-state index is 10.1. The van der Waals surface area contributed by atoms with Crippen LogP contribution < -0.4 is 4.90 Å². The molecule has 47 heavy (non-hydrogen) atoms. The van der Waals surface area contributed by atoms with Gasteiger partial charge < -0.3 is 9.80 Å². The molecule has 0 radical (unpaired) electrons. The van der Waals surface area contributed by atoms with Crippen molar-refractivity contribution in [2.24, 2.45) is 23.7 Å². The van der Waals surface area contributed by atoms with Gasteiger partial charge in [0, 0.05) is 57.6 Å². The van der Waals surface area contributed by atoms with E-state index in [2.05, 4.69) is 137 Å². The molecule has 1 saturated heterocycles. The van der Waals surface area contributed by atoms with Crippen molar-refractivity contribution >= 4 is 23.1 Å². The molecular formula is C43H37N3S. The molecule has 0 aromatic heterocycles. The number of hydrogen-bond donors (Lipinski definition) is 0. The van der Waals surface area contributed by atoms with E-state index in [0.717, 1.165) is 36.9 Å². The summed E-state index contributed by atoms with van der Waals surface area (Å²) in [6, 6.07) is 19.8. The van der Waals surface area contributed by atoms with E-state index in [1.165, 1.54) is 34.8 Å². The summed E-state index contributed by atoms with van der Waals surface area (Å²) in [6.07, 6.45) is 34.6. The normalized spacial score (nSPS) is 32.4. The number of rotatable bonds is 3. The Balaban J connectivity index is 0.993. The Kier molecular flexibility index (Phi) is 6.34. The van der Waals surface area contributed by atoms with Crippen LogP contribution in [0.15, 0.2) is 155 Å². The minimum absolute atomic E-state index is 0.256. The van der Waals surface area contributed by atoms with Crippen molar-refractivity contribution in [1.82, 2.24) is 4.90 Å². The van der Waals surface area contributed by atoms with Crippen LogP contribution in [-0.4, -0.2) is 16.2 Å². The summed E-state index contributed by atoms with van der Waals surface area (Å²) in [7, 11) is 0. The van der Waals surface area contributed by atoms with E-state index in [9.17, 15) is 5.26 Å². The summed E-state index contributed by atoms with van der Waals surface area (Å²) in [5.74, 6) is 2.21. The number of thioether (sulfide) groups is 1. The third-order valence-electron chi connectivity index (χ3n) is 11.8. The number of allylic oxidation sites excluding steroid dienone is 12. The van der Waals surface area contributed by atoms with Gasteiger partial charge in [0.2, 0.25) is 0 Å². The summed E-state index contributed by atoms with van der Waals surface area (Å²) in [6.45, 7) is 0. The van der Waals surface area contributed by atoms with Crippen molar-refractivity contribution in [3.05, 3.63) is 166 Å². The van der Waals surface area contributed by atoms with Crippen LogP contribution in [0.1, 0.15) is 49.1 Å². The Labute approximate surface area is 282 Å². The molecule has 3 aliphatic heterocycles. The fourth-order valence-corrected chi connectivity index (χ4v) is 11.3. The second-order valence-electron chi connectivity index (χ2n) is 14.1. The molecule has 0 bridgehead atoms. The van der Waals surface area contributed by atoms with Gasteiger partial charge in [0.05, 0.1) is 17.3 Å². The van der Waals surface area contributed by atoms with Gasteiger partial charge in [-0.2, -0.15) is 5.26 Å². The largest absolute Gasteiger partial charge is 0.335 e. The first-order valence-electron chi connectivity index (χ1n) is 17.4. The van der Waals surface area contributed by atoms with Gasteiger partial charge in [0.25, 0.3) is 0 Å². The zero-order valence-electron chi connectivity index (χ0n) is 26.4. The first-order chi connectivity index (χ1) is 23.3. The summed E-state index contributed by atoms with van der Waals surface area (Å²) in [4.78, 5) is 6.65. The van der Waals surface area contributed by atoms with E-state index in [4.69, 9.17) is 0 Å². The van der Waals surface area contributed by atoms with Gasteiger partial charge in [0.1, 0.15) is 6.07 Å². The van der Waals surface area contributed by atoms with E-state index in [-0.39, 0.29) is 6.04 Å². The molecule has 2 aromatic carbocycles. The standard InChI is InChI=1S/C43H37N3S/c44-26-28-10-1-5-16-37(28)46-40-19-8-4-13-33(40)34-15-9-14-30(43(34)46)27-20-22-41-35(24-27)36-25-29(21-23-42(36)47-41)45-38-17-6-2-11-31(38)32-12-3-7-18-39(32)45/h1-2,4-10,13,15-23,25,30-31,34-36,42-43H,3,11-12,14,24H2. The highest BCUT2D eigenvalue weighted by atomic mass is 32.2. The van der Waals surface area contributed by atoms with Crippen molar-refractivity contribution in [1.29, 1.82) is 5.26 Å². The fraction of sp³-hybridized carbons (Fsp3) is 0.279. The Morgan fingerprint density at radius 2 is 1.74 bits per heavy atom. The maximum Gasteiger partial charge on any atom is 0.101 e. The topological polar surface area (TPSA) is 30.3 Å². The summed E-state index contributed by atoms with van der Waals surface area (Å²) in [5.41, 5.74) is 11.8. The van der Waals surface area contributed by atoms with Gasteiger partial charge in [0.15, 0.2) is 0 Å². The molecule has 4 heteroatoms. The molecule has 1 fully saturated rings. The van der Waals surface area contributed by atoms with Crippen LogP contribution in [0.25, 0.3) is 0 Å². The van der Waals surface area contributed by atoms with E-state index in [1.54, 1.807) is 16.1 Å². The van der Waals surface area contributed by atoms with Gasteiger partial charge >= 0.3 is 0 Å². The second-order valence-corrected chi connectivity index (χ2v) is 15.3. The smallest absolute Gasteiger partial charge is 0.101 e. The Bertz CT molecular complexity index is 2020. The van der Waals surface area contributed by atoms with Crippen LogP contribution >= 0.6 is 11.8 Å². The molecule has 2 aromatic rings. The third kappa shape index (κ3) is 4.12. The lowest BCUT2D eigenvalue weighted by Crippen LogP contribution is -2.40. The quantitative estimate of drug-likeness (QED) is 0.317. The molecule has 10 rings (SSSR count). The Hall–Kier alpha value is -4.46. The Morgan fingerprint density at radius 1 is 0.851 bits per heavy atom. The molecule has 7 atom stereocenters. The molecule has 0 amide bonds. The average Bonchev–Trinajstić information content (AvgIpc) is 3.79. The maximum absolute atomic E-state index is 10.1. The first-order valence-corrected chi connectivity index (χ1v) is 18.2. The second kappa shape index (κ2) is 10.8. The van der Waals surface area contributed by atoms with E-state index in [0.29, 0.717) is 34.8 Å². The van der Waals surface area contributed by atoms with Crippen molar-refractivity contribution in [3.8, 4) is 6.07 Å². The van der Waals surface area contributed by atoms with Gasteiger partial charge in [-0.05, 0) is 84.6 Å². The van der Waals surface area contributed by atoms with Crippen LogP contribution in [0.5, 0.6) is 0 Å². The van der Waals surface area contributed by atoms with Crippen LogP contribution in [-0.2, 0) is 0 Å². The van der Waals surface area contributed by atoms with E-state index in [1.807, 2.05) is 12.1 Å². The minimum Gasteiger partial charge on any atom is -0.335 e. The molecule has 0 N–H and O–H groups in total. The Morgan fingerprint density at radius 3 is 2.68 bits per heavy atom. The number of para-hydroxylation sites is 2. The molecule has 5 aliphatic carbocycles. The molecule has 3 nitrogen and oxygen atoms in total. The number of nitriles is 1. The average molecular weight is 628 g/mol. The predicted molar refractivity (Wildman–Crippen MR) is 192 cm³/mol. The van der Waals surface area contributed by atoms with Gasteiger partial charge in [-0.3, -0.25) is 0 Å². The lowest BCUT2D eigenvalue weighted by Gasteiger charge is -2.41. The highest BCUT2D eigenvalue weighted by Gasteiger charge is 2.48. The fourth-order valence-electron chi connectivity index (χ4n) is 9.83. The van der Waals surface area contributed by atoms with Crippen LogP contribution in [0.3, 0.4) is 0 Å². The molecule has 230 valence electrons. The molecular weight excluding hydrogens is 591 g/mol. The number of fused-ring (bicyclic) bond motifs is 8. The zero-order valence-corrected chi connectivity index (χ0v) is 27.2. The molecule has 0 spiro atoms. The number of benzene rings is 2. The lowest BCUT2D eigenvalue weighted by atomic mass is 9.71. The highest BCUT2D eigenvalue weighted by Crippen LogP contribution is 2.58. The van der Waals surface area contributed by atoms with Crippen molar-refractivity contribution in [2.75, 3.05) is 4.90 Å². The highest BCUT2D eigenvalue weighted by molar-refractivity contribution is 8.04. The molecule has 0 saturated carbocycles. The zero-order chi connectivity index (χ0) is 31.1. The van der Waals surface area contributed by atoms with E-state index < -0.39 is 0 Å². The SMILES string of the molecule is N#Cc1ccccc1N1c2ccccc2C2C=CCC(C3=CC=C4SC5C=CC(N6C7=CC=CCC7C7=C6C=CCC7)=CC5C4C3)C21. The van der Waals surface area contributed by atoms with Crippen LogP contribution in [0, 0.1) is 35.0 Å². The number of anilines is 2. The summed E-state index contributed by atoms with van der Waals surface area (Å²) >= 11 is 2.08. The van der Waals surface area contributed by atoms with Crippen molar-refractivity contribution < 1.29 is 0 Å². The third-order valence-corrected chi connectivity index (χ3v) is 13.3. The molecule has 3 heterocycles. The molecule has 7 unspecified atom stereocenters. The van der Waals surface area contributed by atoms with Crippen LogP contribution in [0.4, 0.5) is 11.4 Å². The van der Waals surface area contributed by atoms with Crippen LogP contribution in [0.2, 0.25) is 0 Å². The molecule has 8 aliphatic rings. The summed E-state index contributed by atoms with van der Waals surface area (Å²) < 4.78 is 0. The monoisotopic (exact) mass is 627 g/mol. The lowest BCUT2D eigenvalue weighted by molar-refractivity contribution is 0.396. The van der Waals surface area contributed by atoms with Gasteiger partial charge in [-0.1, -0.05) is 90.6 Å². The van der Waals surface area contributed by atoms with Crippen molar-refractivity contribution in [2.45, 2.75) is 49.3 Å². The minimum atomic E-state index is 0.256. The van der Waals surface area contributed by atoms with Gasteiger partial charge in [-0.15, -0.1) is 11.8 Å². The number of hydrogen-bond acceptors (Lipinski definition) is 4. The number of nitrogens with zero attached hydrogens (tertiary/aromatic N) is 3. The van der Waals surface area contributed by atoms with E-state index >= 15 is 0 Å². The predicted octanol–water partition coefficient (Wildman–Crippen LogP) is 10.1. The summed E-state index contributed by atoms with van der Waals surface area (Å²) in [5, 5.41) is 10.6.